The minimum atomic E-state index is -0.206. The number of aryl methyl sites for hydroxylation is 1. The number of rotatable bonds is 5. The molecule has 183 valence electrons. The van der Waals surface area contributed by atoms with E-state index in [9.17, 15) is 4.39 Å². The molecule has 1 saturated heterocycles. The van der Waals surface area contributed by atoms with E-state index in [1.54, 1.807) is 19.2 Å². The number of ether oxygens (including phenoxy) is 1. The van der Waals surface area contributed by atoms with Gasteiger partial charge in [-0.15, -0.1) is 0 Å². The standard InChI is InChI=1S/C24H20FN2.C5H11NO.CH4/c1-15-13-19(8-10-22(15)25)24-20(5-4-12-27-24)18-9-11-23(26-3)21(14-18)16(2)17-6-7-17;1-6-2-4-7-5-3-6;/h4-14,26H,2H2,1,3H3;2-5H2,1H3;1H4. The zero-order chi connectivity index (χ0) is 24.1. The Hall–Kier alpha value is -3.28. The number of likely N-dealkylation sites (N-methyl/N-ethyl adjacent to an activating group) is 1. The highest BCUT2D eigenvalue weighted by Gasteiger charge is 2.18. The van der Waals surface area contributed by atoms with Crippen LogP contribution in [0.1, 0.15) is 18.6 Å². The van der Waals surface area contributed by atoms with Crippen molar-refractivity contribution in [2.45, 2.75) is 14.4 Å². The van der Waals surface area contributed by atoms with Crippen molar-refractivity contribution in [1.29, 1.82) is 0 Å². The Morgan fingerprint density at radius 1 is 1.09 bits per heavy atom. The predicted molar refractivity (Wildman–Crippen MR) is 146 cm³/mol. The Morgan fingerprint density at radius 2 is 1.80 bits per heavy atom. The first-order valence-electron chi connectivity index (χ1n) is 11.5. The van der Waals surface area contributed by atoms with Gasteiger partial charge in [0.1, 0.15) is 5.82 Å². The lowest BCUT2D eigenvalue weighted by molar-refractivity contribution is 0.0503. The minimum Gasteiger partial charge on any atom is -0.388 e. The van der Waals surface area contributed by atoms with Crippen LogP contribution in [0.25, 0.3) is 28.0 Å². The number of nitrogens with one attached hydrogen (secondary N) is 1. The second-order valence-electron chi connectivity index (χ2n) is 8.56. The SMILES string of the molecule is C.C=C(C1=C[CH]1)c1cc(-c2cccnc2-c2ccc(F)c(C)c2)ccc1NC.CN1CCOCC1. The van der Waals surface area contributed by atoms with Gasteiger partial charge in [0, 0.05) is 55.1 Å². The molecule has 4 nitrogen and oxygen atoms in total. The Morgan fingerprint density at radius 3 is 2.40 bits per heavy atom. The van der Waals surface area contributed by atoms with E-state index in [0.717, 1.165) is 65.5 Å². The third kappa shape index (κ3) is 6.44. The van der Waals surface area contributed by atoms with Crippen molar-refractivity contribution >= 4 is 11.3 Å². The maximum Gasteiger partial charge on any atom is 0.126 e. The van der Waals surface area contributed by atoms with E-state index in [0.29, 0.717) is 5.56 Å². The van der Waals surface area contributed by atoms with E-state index in [1.165, 1.54) is 11.6 Å². The lowest BCUT2D eigenvalue weighted by Gasteiger charge is -2.21. The summed E-state index contributed by atoms with van der Waals surface area (Å²) in [7, 11) is 4.02. The number of allylic oxidation sites excluding steroid dienone is 3. The van der Waals surface area contributed by atoms with Crippen LogP contribution >= 0.6 is 0 Å². The third-order valence-electron chi connectivity index (χ3n) is 6.08. The lowest BCUT2D eigenvalue weighted by atomic mass is 9.94. The van der Waals surface area contributed by atoms with Crippen LogP contribution in [0.4, 0.5) is 10.1 Å². The lowest BCUT2D eigenvalue weighted by Crippen LogP contribution is -2.32. The second kappa shape index (κ2) is 11.9. The van der Waals surface area contributed by atoms with Crippen molar-refractivity contribution in [2.75, 3.05) is 45.7 Å². The summed E-state index contributed by atoms with van der Waals surface area (Å²) in [5.74, 6) is -0.206. The maximum absolute atomic E-state index is 13.7. The number of nitrogens with zero attached hydrogens (tertiary/aromatic N) is 2. The summed E-state index contributed by atoms with van der Waals surface area (Å²) in [5, 5.41) is 3.24. The molecule has 1 fully saturated rings. The number of hydrogen-bond donors (Lipinski definition) is 1. The molecule has 0 saturated carbocycles. The quantitative estimate of drug-likeness (QED) is 0.451. The van der Waals surface area contributed by atoms with Gasteiger partial charge in [0.2, 0.25) is 0 Å². The number of halogens is 1. The molecule has 2 heterocycles. The molecule has 0 amide bonds. The van der Waals surface area contributed by atoms with Gasteiger partial charge in [-0.2, -0.15) is 0 Å². The summed E-state index contributed by atoms with van der Waals surface area (Å²) in [5.41, 5.74) is 8.69. The van der Waals surface area contributed by atoms with E-state index in [1.807, 2.05) is 25.2 Å². The zero-order valence-electron chi connectivity index (χ0n) is 20.1. The van der Waals surface area contributed by atoms with Gasteiger partial charge in [-0.25, -0.2) is 4.39 Å². The van der Waals surface area contributed by atoms with E-state index >= 15 is 0 Å². The fourth-order valence-corrected chi connectivity index (χ4v) is 3.89. The first-order chi connectivity index (χ1) is 16.5. The van der Waals surface area contributed by atoms with Crippen LogP contribution in [-0.4, -0.2) is 50.3 Å². The smallest absolute Gasteiger partial charge is 0.126 e. The fourth-order valence-electron chi connectivity index (χ4n) is 3.89. The van der Waals surface area contributed by atoms with Crippen LogP contribution in [0.3, 0.4) is 0 Å². The molecule has 2 aliphatic rings. The van der Waals surface area contributed by atoms with Gasteiger partial charge in [0.05, 0.1) is 18.9 Å². The van der Waals surface area contributed by atoms with E-state index in [4.69, 9.17) is 4.74 Å². The number of morpholine rings is 1. The van der Waals surface area contributed by atoms with Gasteiger partial charge in [-0.3, -0.25) is 4.98 Å². The molecule has 1 radical (unpaired) electrons. The highest BCUT2D eigenvalue weighted by Crippen LogP contribution is 2.39. The van der Waals surface area contributed by atoms with E-state index in [-0.39, 0.29) is 13.2 Å². The molecule has 0 unspecified atom stereocenters. The Labute approximate surface area is 209 Å². The van der Waals surface area contributed by atoms with Crippen LogP contribution < -0.4 is 5.32 Å². The molecule has 1 aromatic heterocycles. The van der Waals surface area contributed by atoms with Gasteiger partial charge < -0.3 is 15.0 Å². The molecule has 3 aromatic rings. The van der Waals surface area contributed by atoms with Crippen molar-refractivity contribution in [3.8, 4) is 22.4 Å². The number of benzene rings is 2. The number of pyridine rings is 1. The molecule has 0 bridgehead atoms. The van der Waals surface area contributed by atoms with Gasteiger partial charge in [-0.05, 0) is 72.6 Å². The molecule has 2 aromatic carbocycles. The maximum atomic E-state index is 13.7. The highest BCUT2D eigenvalue weighted by molar-refractivity contribution is 5.93. The Kier molecular flexibility index (Phi) is 8.96. The first-order valence-corrected chi connectivity index (χ1v) is 11.5. The molecule has 1 aliphatic heterocycles. The van der Waals surface area contributed by atoms with Crippen molar-refractivity contribution in [2.24, 2.45) is 0 Å². The number of hydrogen-bond acceptors (Lipinski definition) is 4. The van der Waals surface area contributed by atoms with Crippen LogP contribution in [0, 0.1) is 19.2 Å². The molecule has 5 heteroatoms. The molecule has 0 spiro atoms. The monoisotopic (exact) mass is 472 g/mol. The van der Waals surface area contributed by atoms with E-state index < -0.39 is 0 Å². The topological polar surface area (TPSA) is 37.4 Å². The van der Waals surface area contributed by atoms with Crippen LogP contribution in [0.5, 0.6) is 0 Å². The van der Waals surface area contributed by atoms with Crippen LogP contribution in [0.15, 0.2) is 73.0 Å². The molecule has 1 N–H and O–H groups in total. The molecule has 35 heavy (non-hydrogen) atoms. The summed E-state index contributed by atoms with van der Waals surface area (Å²) in [6.07, 6.45) is 5.89. The summed E-state index contributed by atoms with van der Waals surface area (Å²) in [6.45, 7) is 10.0. The molecular formula is C30H35FN3O. The van der Waals surface area contributed by atoms with Crippen LogP contribution in [0.2, 0.25) is 0 Å². The van der Waals surface area contributed by atoms with Crippen molar-refractivity contribution < 1.29 is 9.13 Å². The van der Waals surface area contributed by atoms with Crippen molar-refractivity contribution in [3.05, 3.63) is 96.3 Å². The average molecular weight is 473 g/mol. The minimum absolute atomic E-state index is 0. The van der Waals surface area contributed by atoms with Crippen molar-refractivity contribution in [1.82, 2.24) is 9.88 Å². The molecular weight excluding hydrogens is 437 g/mol. The fraction of sp³-hybridized carbons (Fsp3) is 0.267. The Balaban J connectivity index is 0.000000370. The summed E-state index contributed by atoms with van der Waals surface area (Å²) < 4.78 is 18.8. The first kappa shape index (κ1) is 26.3. The van der Waals surface area contributed by atoms with Crippen molar-refractivity contribution in [3.63, 3.8) is 0 Å². The Bertz CT molecular complexity index is 1210. The molecule has 0 atom stereocenters. The zero-order valence-corrected chi connectivity index (χ0v) is 20.1. The van der Waals surface area contributed by atoms with Crippen LogP contribution in [-0.2, 0) is 4.74 Å². The second-order valence-corrected chi connectivity index (χ2v) is 8.56. The van der Waals surface area contributed by atoms with Gasteiger partial charge >= 0.3 is 0 Å². The average Bonchev–Trinajstić information content (AvgIpc) is 3.71. The molecule has 1 aliphatic carbocycles. The summed E-state index contributed by atoms with van der Waals surface area (Å²) in [6, 6.07) is 15.4. The normalized spacial score (nSPS) is 14.7. The molecule has 5 rings (SSSR count). The number of aromatic nitrogens is 1. The highest BCUT2D eigenvalue weighted by atomic mass is 19.1. The van der Waals surface area contributed by atoms with E-state index in [2.05, 4.69) is 59.5 Å². The number of anilines is 1. The van der Waals surface area contributed by atoms with Gasteiger partial charge in [0.15, 0.2) is 0 Å². The largest absolute Gasteiger partial charge is 0.388 e. The van der Waals surface area contributed by atoms with Gasteiger partial charge in [-0.1, -0.05) is 32.2 Å². The summed E-state index contributed by atoms with van der Waals surface area (Å²) in [4.78, 5) is 6.85. The predicted octanol–water partition coefficient (Wildman–Crippen LogP) is 6.65. The summed E-state index contributed by atoms with van der Waals surface area (Å²) >= 11 is 0. The third-order valence-corrected chi connectivity index (χ3v) is 6.08. The van der Waals surface area contributed by atoms with Gasteiger partial charge in [0.25, 0.3) is 0 Å².